The number of amides is 1. The molecule has 0 aliphatic rings. The Labute approximate surface area is 124 Å². The van der Waals surface area contributed by atoms with E-state index in [1.165, 1.54) is 11.3 Å². The number of carbonyl (C=O) groups is 1. The van der Waals surface area contributed by atoms with E-state index in [4.69, 9.17) is 0 Å². The number of aromatic amines is 1. The van der Waals surface area contributed by atoms with Crippen LogP contribution in [0.2, 0.25) is 0 Å². The van der Waals surface area contributed by atoms with Crippen LogP contribution in [0.4, 0.5) is 5.95 Å². The minimum atomic E-state index is -0.142. The number of rotatable bonds is 5. The van der Waals surface area contributed by atoms with E-state index < -0.39 is 0 Å². The van der Waals surface area contributed by atoms with Gasteiger partial charge in [-0.15, -0.1) is 16.4 Å². The van der Waals surface area contributed by atoms with E-state index in [0.29, 0.717) is 24.4 Å². The normalized spacial score (nSPS) is 10.5. The topological polar surface area (TPSA) is 96.5 Å². The molecule has 0 aliphatic heterocycles. The van der Waals surface area contributed by atoms with Crippen LogP contribution in [-0.4, -0.2) is 31.1 Å². The zero-order valence-corrected chi connectivity index (χ0v) is 11.8. The maximum atomic E-state index is 11.8. The number of aromatic nitrogens is 5. The summed E-state index contributed by atoms with van der Waals surface area (Å²) in [7, 11) is 0. The molecule has 2 N–H and O–H groups in total. The largest absolute Gasteiger partial charge is 0.293 e. The molecular formula is C13H12N6OS. The molecule has 0 atom stereocenters. The quantitative estimate of drug-likeness (QED) is 0.750. The molecule has 0 bridgehead atoms. The molecule has 0 fully saturated rings. The number of nitrogens with one attached hydrogen (secondary N) is 2. The number of nitrogens with zero attached hydrogens (tertiary/aromatic N) is 4. The summed E-state index contributed by atoms with van der Waals surface area (Å²) in [5, 5.41) is 12.2. The van der Waals surface area contributed by atoms with E-state index in [0.717, 1.165) is 5.01 Å². The fraction of sp³-hybridized carbons (Fsp3) is 0.154. The van der Waals surface area contributed by atoms with Crippen molar-refractivity contribution >= 4 is 23.2 Å². The second-order valence-corrected chi connectivity index (χ2v) is 5.18. The Kier molecular flexibility index (Phi) is 3.97. The van der Waals surface area contributed by atoms with Crippen LogP contribution < -0.4 is 5.32 Å². The summed E-state index contributed by atoms with van der Waals surface area (Å²) in [6.45, 7) is 0. The van der Waals surface area contributed by atoms with Crippen LogP contribution in [0.25, 0.3) is 11.5 Å². The lowest BCUT2D eigenvalue weighted by atomic mass is 10.3. The first-order valence-corrected chi connectivity index (χ1v) is 7.21. The minimum absolute atomic E-state index is 0.142. The van der Waals surface area contributed by atoms with E-state index in [2.05, 4.69) is 30.5 Å². The molecule has 3 aromatic rings. The van der Waals surface area contributed by atoms with Crippen LogP contribution in [0, 0.1) is 0 Å². The maximum absolute atomic E-state index is 11.8. The van der Waals surface area contributed by atoms with Crippen molar-refractivity contribution in [3.8, 4) is 11.5 Å². The Morgan fingerprint density at radius 1 is 1.29 bits per heavy atom. The van der Waals surface area contributed by atoms with Crippen molar-refractivity contribution < 1.29 is 4.79 Å². The molecule has 0 spiro atoms. The lowest BCUT2D eigenvalue weighted by molar-refractivity contribution is -0.116. The van der Waals surface area contributed by atoms with E-state index in [9.17, 15) is 4.79 Å². The fourth-order valence-corrected chi connectivity index (χ4v) is 2.34. The molecular weight excluding hydrogens is 288 g/mol. The first-order valence-electron chi connectivity index (χ1n) is 6.33. The van der Waals surface area contributed by atoms with Gasteiger partial charge in [-0.25, -0.2) is 4.98 Å². The average Bonchev–Trinajstić information content (AvgIpc) is 3.17. The highest BCUT2D eigenvalue weighted by Crippen LogP contribution is 2.12. The van der Waals surface area contributed by atoms with E-state index in [1.54, 1.807) is 12.4 Å². The third-order valence-electron chi connectivity index (χ3n) is 2.69. The lowest BCUT2D eigenvalue weighted by Gasteiger charge is -1.98. The Bertz CT molecular complexity index is 709. The molecule has 0 radical (unpaired) electrons. The predicted molar refractivity (Wildman–Crippen MR) is 78.7 cm³/mol. The molecule has 0 aromatic carbocycles. The number of hydrogen-bond acceptors (Lipinski definition) is 6. The van der Waals surface area contributed by atoms with Crippen LogP contribution in [0.3, 0.4) is 0 Å². The van der Waals surface area contributed by atoms with Crippen molar-refractivity contribution in [3.05, 3.63) is 41.0 Å². The first kappa shape index (κ1) is 13.4. The number of anilines is 1. The van der Waals surface area contributed by atoms with Crippen molar-refractivity contribution in [2.45, 2.75) is 12.8 Å². The Balaban J connectivity index is 1.58. The summed E-state index contributed by atoms with van der Waals surface area (Å²) in [4.78, 5) is 24.3. The third-order valence-corrected chi connectivity index (χ3v) is 3.53. The first-order chi connectivity index (χ1) is 10.3. The highest BCUT2D eigenvalue weighted by molar-refractivity contribution is 7.09. The van der Waals surface area contributed by atoms with Gasteiger partial charge in [0, 0.05) is 30.6 Å². The van der Waals surface area contributed by atoms with Gasteiger partial charge < -0.3 is 0 Å². The minimum Gasteiger partial charge on any atom is -0.293 e. The standard InChI is InChI=1S/C13H12N6OS/c20-10(4-5-11-15-7-8-21-11)16-13-17-12(18-19-13)9-3-1-2-6-14-9/h1-3,6-8H,4-5H2,(H2,16,17,18,19,20). The molecule has 7 nitrogen and oxygen atoms in total. The third kappa shape index (κ3) is 3.48. The van der Waals surface area contributed by atoms with Gasteiger partial charge in [-0.1, -0.05) is 6.07 Å². The molecule has 21 heavy (non-hydrogen) atoms. The van der Waals surface area contributed by atoms with Gasteiger partial charge in [-0.2, -0.15) is 4.98 Å². The average molecular weight is 300 g/mol. The van der Waals surface area contributed by atoms with Gasteiger partial charge in [0.05, 0.1) is 5.01 Å². The van der Waals surface area contributed by atoms with Gasteiger partial charge in [-0.3, -0.25) is 20.2 Å². The molecule has 0 saturated heterocycles. The van der Waals surface area contributed by atoms with Gasteiger partial charge in [-0.05, 0) is 12.1 Å². The van der Waals surface area contributed by atoms with Crippen molar-refractivity contribution in [1.82, 2.24) is 25.1 Å². The number of thiazole rings is 1. The summed E-state index contributed by atoms with van der Waals surface area (Å²) < 4.78 is 0. The van der Waals surface area contributed by atoms with Gasteiger partial charge in [0.25, 0.3) is 0 Å². The fourth-order valence-electron chi connectivity index (χ4n) is 1.72. The van der Waals surface area contributed by atoms with Crippen molar-refractivity contribution in [2.75, 3.05) is 5.32 Å². The monoisotopic (exact) mass is 300 g/mol. The second kappa shape index (κ2) is 6.23. The van der Waals surface area contributed by atoms with Gasteiger partial charge >= 0.3 is 0 Å². The van der Waals surface area contributed by atoms with Crippen molar-refractivity contribution in [2.24, 2.45) is 0 Å². The second-order valence-electron chi connectivity index (χ2n) is 4.20. The summed E-state index contributed by atoms with van der Waals surface area (Å²) in [5.41, 5.74) is 0.674. The van der Waals surface area contributed by atoms with Gasteiger partial charge in [0.1, 0.15) is 5.69 Å². The molecule has 0 aliphatic carbocycles. The van der Waals surface area contributed by atoms with Crippen LogP contribution in [0.5, 0.6) is 0 Å². The van der Waals surface area contributed by atoms with Crippen molar-refractivity contribution in [1.29, 1.82) is 0 Å². The predicted octanol–water partition coefficient (Wildman–Crippen LogP) is 1.89. The Morgan fingerprint density at radius 2 is 2.24 bits per heavy atom. The van der Waals surface area contributed by atoms with Crippen molar-refractivity contribution in [3.63, 3.8) is 0 Å². The highest BCUT2D eigenvalue weighted by atomic mass is 32.1. The molecule has 0 unspecified atom stereocenters. The molecule has 106 valence electrons. The van der Waals surface area contributed by atoms with Gasteiger partial charge in [0.15, 0.2) is 5.82 Å². The Morgan fingerprint density at radius 3 is 3.00 bits per heavy atom. The zero-order chi connectivity index (χ0) is 14.5. The molecule has 3 aromatic heterocycles. The van der Waals surface area contributed by atoms with Crippen LogP contribution in [0.1, 0.15) is 11.4 Å². The molecule has 1 amide bonds. The summed E-state index contributed by atoms with van der Waals surface area (Å²) >= 11 is 1.54. The Hall–Kier alpha value is -2.61. The number of aryl methyl sites for hydroxylation is 1. The van der Waals surface area contributed by atoms with E-state index >= 15 is 0 Å². The summed E-state index contributed by atoms with van der Waals surface area (Å²) in [6, 6.07) is 5.49. The smallest absolute Gasteiger partial charge is 0.249 e. The lowest BCUT2D eigenvalue weighted by Crippen LogP contribution is -2.13. The summed E-state index contributed by atoms with van der Waals surface area (Å²) in [5.74, 6) is 0.627. The maximum Gasteiger partial charge on any atom is 0.249 e. The van der Waals surface area contributed by atoms with Crippen LogP contribution in [0.15, 0.2) is 36.0 Å². The number of H-pyrrole nitrogens is 1. The SMILES string of the molecule is O=C(CCc1nccs1)Nc1n[nH]c(-c2ccccn2)n1. The summed E-state index contributed by atoms with van der Waals surface area (Å²) in [6.07, 6.45) is 4.36. The molecule has 0 saturated carbocycles. The molecule has 3 rings (SSSR count). The number of carbonyl (C=O) groups excluding carboxylic acids is 1. The van der Waals surface area contributed by atoms with Crippen LogP contribution in [-0.2, 0) is 11.2 Å². The van der Waals surface area contributed by atoms with Crippen LogP contribution >= 0.6 is 11.3 Å². The number of pyridine rings is 1. The molecule has 8 heteroatoms. The molecule has 3 heterocycles. The van der Waals surface area contributed by atoms with E-state index in [1.807, 2.05) is 23.6 Å². The zero-order valence-electron chi connectivity index (χ0n) is 11.0. The number of hydrogen-bond donors (Lipinski definition) is 2. The van der Waals surface area contributed by atoms with E-state index in [-0.39, 0.29) is 11.9 Å². The van der Waals surface area contributed by atoms with Gasteiger partial charge in [0.2, 0.25) is 11.9 Å². The highest BCUT2D eigenvalue weighted by Gasteiger charge is 2.10.